The highest BCUT2D eigenvalue weighted by Crippen LogP contribution is 2.12. The number of nitrogens with one attached hydrogen (secondary N) is 1. The molecule has 1 heterocycles. The van der Waals surface area contributed by atoms with Gasteiger partial charge < -0.3 is 11.1 Å². The van der Waals surface area contributed by atoms with Crippen LogP contribution in [0.2, 0.25) is 0 Å². The molecule has 0 aromatic carbocycles. The lowest BCUT2D eigenvalue weighted by atomic mass is 10.1. The van der Waals surface area contributed by atoms with Crippen molar-refractivity contribution in [1.29, 1.82) is 0 Å². The second kappa shape index (κ2) is 4.94. The number of carbonyl (C=O) groups is 1. The first-order chi connectivity index (χ1) is 6.94. The zero-order valence-electron chi connectivity index (χ0n) is 8.90. The van der Waals surface area contributed by atoms with Crippen LogP contribution in [-0.4, -0.2) is 37.9 Å². The summed E-state index contributed by atoms with van der Waals surface area (Å²) in [6, 6.07) is -0.538. The van der Waals surface area contributed by atoms with Crippen molar-refractivity contribution in [3.63, 3.8) is 0 Å². The molecule has 0 bridgehead atoms. The molecule has 0 spiro atoms. The fourth-order valence-corrected chi connectivity index (χ4v) is 3.49. The van der Waals surface area contributed by atoms with Crippen molar-refractivity contribution in [3.8, 4) is 0 Å². The summed E-state index contributed by atoms with van der Waals surface area (Å²) in [5.41, 5.74) is 5.18. The van der Waals surface area contributed by atoms with Crippen LogP contribution in [0.4, 0.5) is 0 Å². The third-order valence-electron chi connectivity index (χ3n) is 2.65. The van der Waals surface area contributed by atoms with Gasteiger partial charge in [0.2, 0.25) is 5.91 Å². The topological polar surface area (TPSA) is 89.3 Å². The number of hydrogen-bond acceptors (Lipinski definition) is 4. The van der Waals surface area contributed by atoms with E-state index in [1.807, 2.05) is 6.92 Å². The van der Waals surface area contributed by atoms with E-state index in [9.17, 15) is 13.2 Å². The Morgan fingerprint density at radius 1 is 1.60 bits per heavy atom. The zero-order chi connectivity index (χ0) is 11.5. The highest BCUT2D eigenvalue weighted by Gasteiger charge is 2.27. The van der Waals surface area contributed by atoms with Gasteiger partial charge in [0.15, 0.2) is 9.84 Å². The van der Waals surface area contributed by atoms with Gasteiger partial charge in [0, 0.05) is 6.04 Å². The van der Waals surface area contributed by atoms with Crippen LogP contribution in [0.15, 0.2) is 0 Å². The number of primary amides is 1. The molecule has 1 aliphatic rings. The fourth-order valence-electron chi connectivity index (χ4n) is 1.84. The van der Waals surface area contributed by atoms with Crippen molar-refractivity contribution in [2.45, 2.75) is 38.3 Å². The minimum Gasteiger partial charge on any atom is -0.368 e. The first kappa shape index (κ1) is 12.4. The Bertz CT molecular complexity index is 326. The lowest BCUT2D eigenvalue weighted by Crippen LogP contribution is -2.50. The van der Waals surface area contributed by atoms with Crippen LogP contribution >= 0.6 is 0 Å². The number of sulfone groups is 1. The van der Waals surface area contributed by atoms with Crippen LogP contribution in [0.1, 0.15) is 26.2 Å². The molecular formula is C9H18N2O3S. The monoisotopic (exact) mass is 234 g/mol. The first-order valence-electron chi connectivity index (χ1n) is 5.20. The van der Waals surface area contributed by atoms with Crippen LogP contribution < -0.4 is 11.1 Å². The summed E-state index contributed by atoms with van der Waals surface area (Å²) >= 11 is 0. The normalized spacial score (nSPS) is 27.1. The Morgan fingerprint density at radius 3 is 2.73 bits per heavy atom. The van der Waals surface area contributed by atoms with Crippen molar-refractivity contribution >= 4 is 15.7 Å². The Morgan fingerprint density at radius 2 is 2.27 bits per heavy atom. The van der Waals surface area contributed by atoms with Crippen LogP contribution in [0.25, 0.3) is 0 Å². The number of hydrogen-bond donors (Lipinski definition) is 2. The van der Waals surface area contributed by atoms with Gasteiger partial charge in [0.05, 0.1) is 17.5 Å². The van der Waals surface area contributed by atoms with E-state index in [-0.39, 0.29) is 17.5 Å². The molecule has 1 saturated heterocycles. The smallest absolute Gasteiger partial charge is 0.234 e. The second-order valence-electron chi connectivity index (χ2n) is 3.98. The standard InChI is InChI=1S/C9H18N2O3S/c1-2-8(9(10)12)11-7-4-3-5-15(13,14)6-7/h7-8,11H,2-6H2,1H3,(H2,10,12). The fraction of sp³-hybridized carbons (Fsp3) is 0.889. The molecule has 1 aliphatic heterocycles. The Kier molecular flexibility index (Phi) is 4.10. The molecule has 5 nitrogen and oxygen atoms in total. The summed E-state index contributed by atoms with van der Waals surface area (Å²) in [4.78, 5) is 11.0. The van der Waals surface area contributed by atoms with Crippen molar-refractivity contribution in [2.24, 2.45) is 5.73 Å². The Balaban J connectivity index is 2.54. The summed E-state index contributed by atoms with van der Waals surface area (Å²) in [5, 5.41) is 3.01. The molecule has 0 aromatic heterocycles. The summed E-state index contributed by atoms with van der Waals surface area (Å²) in [5.74, 6) is -0.0320. The van der Waals surface area contributed by atoms with Gasteiger partial charge >= 0.3 is 0 Å². The minimum absolute atomic E-state index is 0.122. The van der Waals surface area contributed by atoms with Crippen molar-refractivity contribution < 1.29 is 13.2 Å². The zero-order valence-corrected chi connectivity index (χ0v) is 9.72. The molecule has 6 heteroatoms. The van der Waals surface area contributed by atoms with Gasteiger partial charge in [-0.3, -0.25) is 4.79 Å². The third kappa shape index (κ3) is 3.79. The summed E-state index contributed by atoms with van der Waals surface area (Å²) in [7, 11) is -2.93. The van der Waals surface area contributed by atoms with Gasteiger partial charge in [-0.1, -0.05) is 6.92 Å². The van der Waals surface area contributed by atoms with Crippen molar-refractivity contribution in [3.05, 3.63) is 0 Å². The van der Waals surface area contributed by atoms with Crippen molar-refractivity contribution in [1.82, 2.24) is 5.32 Å². The van der Waals surface area contributed by atoms with E-state index in [4.69, 9.17) is 5.73 Å². The molecule has 2 unspecified atom stereocenters. The van der Waals surface area contributed by atoms with Gasteiger partial charge in [0.25, 0.3) is 0 Å². The molecule has 1 fully saturated rings. The number of carbonyl (C=O) groups excluding carboxylic acids is 1. The summed E-state index contributed by atoms with van der Waals surface area (Å²) < 4.78 is 22.7. The molecule has 15 heavy (non-hydrogen) atoms. The SMILES string of the molecule is CCC(NC1CCCS(=O)(=O)C1)C(N)=O. The van der Waals surface area contributed by atoms with Crippen LogP contribution in [-0.2, 0) is 14.6 Å². The molecule has 88 valence electrons. The molecule has 0 aliphatic carbocycles. The van der Waals surface area contributed by atoms with E-state index >= 15 is 0 Å². The predicted molar refractivity (Wildman–Crippen MR) is 58.1 cm³/mol. The molecule has 1 rings (SSSR count). The highest BCUT2D eigenvalue weighted by atomic mass is 32.2. The first-order valence-corrected chi connectivity index (χ1v) is 7.02. The molecule has 0 aromatic rings. The van der Waals surface area contributed by atoms with E-state index in [1.165, 1.54) is 0 Å². The predicted octanol–water partition coefficient (Wildman–Crippen LogP) is -0.583. The molecule has 3 N–H and O–H groups in total. The second-order valence-corrected chi connectivity index (χ2v) is 6.21. The van der Waals surface area contributed by atoms with E-state index in [0.29, 0.717) is 12.8 Å². The van der Waals surface area contributed by atoms with E-state index in [2.05, 4.69) is 5.32 Å². The maximum atomic E-state index is 11.3. The lowest BCUT2D eigenvalue weighted by molar-refractivity contribution is -0.120. The van der Waals surface area contributed by atoms with E-state index < -0.39 is 21.8 Å². The minimum atomic E-state index is -2.93. The molecule has 0 radical (unpaired) electrons. The molecular weight excluding hydrogens is 216 g/mol. The van der Waals surface area contributed by atoms with Gasteiger partial charge in [-0.15, -0.1) is 0 Å². The Hall–Kier alpha value is -0.620. The molecule has 2 atom stereocenters. The third-order valence-corrected chi connectivity index (χ3v) is 4.47. The maximum Gasteiger partial charge on any atom is 0.234 e. The van der Waals surface area contributed by atoms with Gasteiger partial charge in [-0.25, -0.2) is 8.42 Å². The maximum absolute atomic E-state index is 11.3. The van der Waals surface area contributed by atoms with Gasteiger partial charge in [-0.05, 0) is 19.3 Å². The number of amides is 1. The van der Waals surface area contributed by atoms with E-state index in [0.717, 1.165) is 6.42 Å². The average Bonchev–Trinajstić information content (AvgIpc) is 2.12. The Labute approximate surface area is 90.3 Å². The van der Waals surface area contributed by atoms with Crippen LogP contribution in [0.5, 0.6) is 0 Å². The average molecular weight is 234 g/mol. The number of rotatable bonds is 4. The van der Waals surface area contributed by atoms with Crippen molar-refractivity contribution in [2.75, 3.05) is 11.5 Å². The summed E-state index contributed by atoms with van der Waals surface area (Å²) in [6.07, 6.45) is 2.05. The van der Waals surface area contributed by atoms with Gasteiger partial charge in [-0.2, -0.15) is 0 Å². The van der Waals surface area contributed by atoms with Crippen LogP contribution in [0.3, 0.4) is 0 Å². The lowest BCUT2D eigenvalue weighted by Gasteiger charge is -2.26. The van der Waals surface area contributed by atoms with E-state index in [1.54, 1.807) is 0 Å². The summed E-state index contributed by atoms with van der Waals surface area (Å²) in [6.45, 7) is 1.85. The quantitative estimate of drug-likeness (QED) is 0.681. The molecule has 1 amide bonds. The largest absolute Gasteiger partial charge is 0.368 e. The number of nitrogens with two attached hydrogens (primary N) is 1. The van der Waals surface area contributed by atoms with Crippen LogP contribution in [0, 0.1) is 0 Å². The highest BCUT2D eigenvalue weighted by molar-refractivity contribution is 7.91. The van der Waals surface area contributed by atoms with Gasteiger partial charge in [0.1, 0.15) is 0 Å². The molecule has 0 saturated carbocycles.